The van der Waals surface area contributed by atoms with Gasteiger partial charge in [0.2, 0.25) is 5.91 Å². The van der Waals surface area contributed by atoms with Crippen LogP contribution in [-0.4, -0.2) is 17.5 Å². The van der Waals surface area contributed by atoms with E-state index in [-0.39, 0.29) is 18.9 Å². The highest BCUT2D eigenvalue weighted by Crippen LogP contribution is 2.23. The molecule has 4 nitrogen and oxygen atoms in total. The lowest BCUT2D eigenvalue weighted by atomic mass is 10.3. The van der Waals surface area contributed by atoms with Crippen LogP contribution in [0.15, 0.2) is 29.6 Å². The number of aromatic nitrogens is 1. The first-order chi connectivity index (χ1) is 9.69. The van der Waals surface area contributed by atoms with Crippen LogP contribution in [0.3, 0.4) is 0 Å². The molecule has 0 spiro atoms. The van der Waals surface area contributed by atoms with Gasteiger partial charge in [-0.2, -0.15) is 0 Å². The predicted octanol–water partition coefficient (Wildman–Crippen LogP) is 3.94. The van der Waals surface area contributed by atoms with Crippen molar-refractivity contribution in [1.82, 2.24) is 4.98 Å². The maximum Gasteiger partial charge on any atom is 0.229 e. The molecule has 0 saturated carbocycles. The number of amides is 1. The van der Waals surface area contributed by atoms with E-state index >= 15 is 0 Å². The second-order valence-electron chi connectivity index (χ2n) is 3.85. The minimum atomic E-state index is -0.160. The zero-order valence-electron chi connectivity index (χ0n) is 10.4. The first-order valence-corrected chi connectivity index (χ1v) is 7.66. The van der Waals surface area contributed by atoms with E-state index in [1.807, 2.05) is 17.5 Å². The van der Waals surface area contributed by atoms with Crippen LogP contribution in [0, 0.1) is 0 Å². The lowest BCUT2D eigenvalue weighted by Crippen LogP contribution is -2.15. The van der Waals surface area contributed by atoms with Gasteiger partial charge >= 0.3 is 0 Å². The van der Waals surface area contributed by atoms with E-state index in [4.69, 9.17) is 27.9 Å². The van der Waals surface area contributed by atoms with Crippen molar-refractivity contribution >= 4 is 45.6 Å². The fourth-order valence-electron chi connectivity index (χ4n) is 1.42. The van der Waals surface area contributed by atoms with Crippen LogP contribution in [-0.2, 0) is 10.7 Å². The second kappa shape index (κ2) is 7.47. The Morgan fingerprint density at radius 1 is 1.40 bits per heavy atom. The molecule has 1 N–H and O–H groups in total. The number of thiazole rings is 1. The van der Waals surface area contributed by atoms with Crippen molar-refractivity contribution in [1.29, 1.82) is 0 Å². The summed E-state index contributed by atoms with van der Waals surface area (Å²) < 4.78 is 5.44. The zero-order chi connectivity index (χ0) is 14.4. The molecule has 0 aliphatic heterocycles. The van der Waals surface area contributed by atoms with E-state index in [1.165, 1.54) is 11.3 Å². The van der Waals surface area contributed by atoms with Crippen LogP contribution in [0.5, 0.6) is 5.75 Å². The number of benzene rings is 1. The average molecular weight is 331 g/mol. The van der Waals surface area contributed by atoms with Gasteiger partial charge in [0.1, 0.15) is 5.75 Å². The average Bonchev–Trinajstić information content (AvgIpc) is 2.88. The molecule has 0 saturated heterocycles. The van der Waals surface area contributed by atoms with Crippen LogP contribution in [0.4, 0.5) is 5.13 Å². The molecule has 0 atom stereocenters. The minimum Gasteiger partial charge on any atom is -0.491 e. The molecular weight excluding hydrogens is 319 g/mol. The molecule has 20 heavy (non-hydrogen) atoms. The molecule has 106 valence electrons. The third-order valence-electron chi connectivity index (χ3n) is 2.36. The van der Waals surface area contributed by atoms with E-state index in [2.05, 4.69) is 10.3 Å². The summed E-state index contributed by atoms with van der Waals surface area (Å²) in [6, 6.07) is 7.14. The third kappa shape index (κ3) is 4.37. The molecule has 1 amide bonds. The van der Waals surface area contributed by atoms with Crippen molar-refractivity contribution in [3.05, 3.63) is 40.4 Å². The summed E-state index contributed by atoms with van der Waals surface area (Å²) >= 11 is 12.9. The molecule has 2 aromatic rings. The van der Waals surface area contributed by atoms with Crippen molar-refractivity contribution in [2.45, 2.75) is 12.3 Å². The number of carbonyl (C=O) groups is 1. The summed E-state index contributed by atoms with van der Waals surface area (Å²) in [6.45, 7) is 0.253. The van der Waals surface area contributed by atoms with E-state index in [9.17, 15) is 4.79 Å². The number of nitrogens with zero attached hydrogens (tertiary/aromatic N) is 1. The number of alkyl halides is 1. The summed E-state index contributed by atoms with van der Waals surface area (Å²) in [4.78, 5) is 15.8. The monoisotopic (exact) mass is 330 g/mol. The first kappa shape index (κ1) is 15.1. The number of para-hydroxylation sites is 1. The topological polar surface area (TPSA) is 51.2 Å². The van der Waals surface area contributed by atoms with Gasteiger partial charge in [-0.15, -0.1) is 22.9 Å². The Morgan fingerprint density at radius 3 is 2.90 bits per heavy atom. The predicted molar refractivity (Wildman–Crippen MR) is 81.9 cm³/mol. The number of halogens is 2. The lowest BCUT2D eigenvalue weighted by Gasteiger charge is -2.07. The van der Waals surface area contributed by atoms with Crippen LogP contribution >= 0.6 is 34.5 Å². The number of rotatable bonds is 6. The number of carbonyl (C=O) groups excluding carboxylic acids is 1. The number of ether oxygens (including phenoxy) is 1. The third-order valence-corrected chi connectivity index (χ3v) is 3.75. The SMILES string of the molecule is O=C(CCOc1ccccc1Cl)Nc1nc(CCl)cs1. The molecular formula is C13H12Cl2N2O2S. The Morgan fingerprint density at radius 2 is 2.20 bits per heavy atom. The van der Waals surface area contributed by atoms with E-state index in [1.54, 1.807) is 12.1 Å². The lowest BCUT2D eigenvalue weighted by molar-refractivity contribution is -0.116. The van der Waals surface area contributed by atoms with Gasteiger partial charge in [0.25, 0.3) is 0 Å². The summed E-state index contributed by atoms with van der Waals surface area (Å²) in [5, 5.41) is 5.57. The van der Waals surface area contributed by atoms with Crippen molar-refractivity contribution in [2.75, 3.05) is 11.9 Å². The van der Waals surface area contributed by atoms with Gasteiger partial charge in [-0.25, -0.2) is 4.98 Å². The Balaban J connectivity index is 1.77. The largest absolute Gasteiger partial charge is 0.491 e. The maximum absolute atomic E-state index is 11.7. The Bertz CT molecular complexity index is 589. The van der Waals surface area contributed by atoms with Gasteiger partial charge in [-0.05, 0) is 12.1 Å². The standard InChI is InChI=1S/C13H12Cl2N2O2S/c14-7-9-8-20-13(16-9)17-12(18)5-6-19-11-4-2-1-3-10(11)15/h1-4,8H,5-7H2,(H,16,17,18). The first-order valence-electron chi connectivity index (χ1n) is 5.86. The normalized spacial score (nSPS) is 10.3. The highest BCUT2D eigenvalue weighted by Gasteiger charge is 2.07. The Labute approximate surface area is 130 Å². The van der Waals surface area contributed by atoms with Gasteiger partial charge < -0.3 is 10.1 Å². The smallest absolute Gasteiger partial charge is 0.229 e. The highest BCUT2D eigenvalue weighted by molar-refractivity contribution is 7.13. The molecule has 0 aliphatic carbocycles. The van der Waals surface area contributed by atoms with Crippen molar-refractivity contribution in [3.63, 3.8) is 0 Å². The van der Waals surface area contributed by atoms with E-state index < -0.39 is 0 Å². The molecule has 1 aromatic heterocycles. The van der Waals surface area contributed by atoms with Gasteiger partial charge in [0.15, 0.2) is 5.13 Å². The quantitative estimate of drug-likeness (QED) is 0.816. The van der Waals surface area contributed by atoms with Crippen LogP contribution in [0.2, 0.25) is 5.02 Å². The zero-order valence-corrected chi connectivity index (χ0v) is 12.8. The summed E-state index contributed by atoms with van der Waals surface area (Å²) in [5.41, 5.74) is 0.749. The molecule has 0 fully saturated rings. The van der Waals surface area contributed by atoms with Crippen LogP contribution in [0.1, 0.15) is 12.1 Å². The molecule has 0 unspecified atom stereocenters. The fraction of sp³-hybridized carbons (Fsp3) is 0.231. The van der Waals surface area contributed by atoms with Crippen molar-refractivity contribution in [3.8, 4) is 5.75 Å². The summed E-state index contributed by atoms with van der Waals surface area (Å²) in [6.07, 6.45) is 0.223. The van der Waals surface area contributed by atoms with Crippen LogP contribution in [0.25, 0.3) is 0 Å². The minimum absolute atomic E-state index is 0.160. The van der Waals surface area contributed by atoms with E-state index in [0.717, 1.165) is 5.69 Å². The van der Waals surface area contributed by atoms with Gasteiger partial charge in [-0.3, -0.25) is 4.79 Å². The van der Waals surface area contributed by atoms with Crippen molar-refractivity contribution < 1.29 is 9.53 Å². The Hall–Kier alpha value is -1.30. The van der Waals surface area contributed by atoms with Crippen LogP contribution < -0.4 is 10.1 Å². The second-order valence-corrected chi connectivity index (χ2v) is 5.39. The summed E-state index contributed by atoms with van der Waals surface area (Å²) in [5.74, 6) is 0.746. The summed E-state index contributed by atoms with van der Waals surface area (Å²) in [7, 11) is 0. The number of anilines is 1. The van der Waals surface area contributed by atoms with Crippen molar-refractivity contribution in [2.24, 2.45) is 0 Å². The van der Waals surface area contributed by atoms with Gasteiger partial charge in [-0.1, -0.05) is 23.7 Å². The Kier molecular flexibility index (Phi) is 5.64. The number of hydrogen-bond acceptors (Lipinski definition) is 4. The fourth-order valence-corrected chi connectivity index (χ4v) is 2.57. The maximum atomic E-state index is 11.7. The molecule has 0 aliphatic rings. The molecule has 2 rings (SSSR count). The number of nitrogens with one attached hydrogen (secondary N) is 1. The molecule has 0 radical (unpaired) electrons. The number of hydrogen-bond donors (Lipinski definition) is 1. The molecule has 1 heterocycles. The van der Waals surface area contributed by atoms with E-state index in [0.29, 0.717) is 21.8 Å². The molecule has 1 aromatic carbocycles. The van der Waals surface area contributed by atoms with Gasteiger partial charge in [0.05, 0.1) is 29.6 Å². The van der Waals surface area contributed by atoms with Gasteiger partial charge in [0, 0.05) is 5.38 Å². The molecule has 0 bridgehead atoms. The molecule has 7 heteroatoms. The highest BCUT2D eigenvalue weighted by atomic mass is 35.5.